The molecule has 3 rings (SSSR count). The molecule has 6 heteroatoms. The Morgan fingerprint density at radius 3 is 3.13 bits per heavy atom. The maximum atomic E-state index is 12.0. The van der Waals surface area contributed by atoms with Crippen molar-refractivity contribution in [1.29, 1.82) is 0 Å². The van der Waals surface area contributed by atoms with Crippen LogP contribution in [-0.2, 0) is 9.53 Å². The highest BCUT2D eigenvalue weighted by molar-refractivity contribution is 5.90. The number of hydrogen-bond donors (Lipinski definition) is 2. The van der Waals surface area contributed by atoms with E-state index >= 15 is 0 Å². The van der Waals surface area contributed by atoms with Crippen LogP contribution >= 0.6 is 0 Å². The SMILES string of the molecule is COc1ccccc1-c1cc(NC(=O)CCC2CCCO2)n[nH]1. The molecule has 2 heterocycles. The first kappa shape index (κ1) is 15.6. The summed E-state index contributed by atoms with van der Waals surface area (Å²) in [4.78, 5) is 12.0. The molecule has 0 spiro atoms. The molecule has 1 saturated heterocycles. The van der Waals surface area contributed by atoms with Crippen LogP contribution in [0.15, 0.2) is 30.3 Å². The topological polar surface area (TPSA) is 76.2 Å². The molecule has 1 aromatic carbocycles. The largest absolute Gasteiger partial charge is 0.496 e. The Morgan fingerprint density at radius 2 is 2.35 bits per heavy atom. The standard InChI is InChI=1S/C17H21N3O3/c1-22-15-7-3-2-6-13(15)14-11-16(20-19-14)18-17(21)9-8-12-5-4-10-23-12/h2-3,6-7,11-12H,4-5,8-10H2,1H3,(H2,18,19,20,21). The van der Waals surface area contributed by atoms with Crippen LogP contribution in [0.5, 0.6) is 5.75 Å². The number of carbonyl (C=O) groups excluding carboxylic acids is 1. The van der Waals surface area contributed by atoms with Gasteiger partial charge in [0.15, 0.2) is 5.82 Å². The Bertz CT molecular complexity index is 663. The van der Waals surface area contributed by atoms with Gasteiger partial charge in [-0.2, -0.15) is 5.10 Å². The van der Waals surface area contributed by atoms with Crippen LogP contribution in [0.25, 0.3) is 11.3 Å². The van der Waals surface area contributed by atoms with Gasteiger partial charge in [-0.3, -0.25) is 9.89 Å². The van der Waals surface area contributed by atoms with Crippen LogP contribution in [0.3, 0.4) is 0 Å². The summed E-state index contributed by atoms with van der Waals surface area (Å²) in [5.41, 5.74) is 1.71. The van der Waals surface area contributed by atoms with Crippen LogP contribution in [0.2, 0.25) is 0 Å². The number of carbonyl (C=O) groups is 1. The van der Waals surface area contributed by atoms with E-state index in [1.807, 2.05) is 30.3 Å². The predicted molar refractivity (Wildman–Crippen MR) is 87.4 cm³/mol. The average molecular weight is 315 g/mol. The Morgan fingerprint density at radius 1 is 1.48 bits per heavy atom. The minimum absolute atomic E-state index is 0.0430. The number of nitrogens with zero attached hydrogens (tertiary/aromatic N) is 1. The fourth-order valence-electron chi connectivity index (χ4n) is 2.76. The lowest BCUT2D eigenvalue weighted by molar-refractivity contribution is -0.116. The van der Waals surface area contributed by atoms with Crippen molar-refractivity contribution in [3.63, 3.8) is 0 Å². The lowest BCUT2D eigenvalue weighted by atomic mass is 10.1. The van der Waals surface area contributed by atoms with Crippen LogP contribution in [0, 0.1) is 0 Å². The maximum absolute atomic E-state index is 12.0. The number of methoxy groups -OCH3 is 1. The molecule has 2 N–H and O–H groups in total. The fraction of sp³-hybridized carbons (Fsp3) is 0.412. The Hall–Kier alpha value is -2.34. The number of ether oxygens (including phenoxy) is 2. The van der Waals surface area contributed by atoms with E-state index in [-0.39, 0.29) is 12.0 Å². The van der Waals surface area contributed by atoms with Crippen molar-refractivity contribution in [3.8, 4) is 17.0 Å². The van der Waals surface area contributed by atoms with Crippen molar-refractivity contribution < 1.29 is 14.3 Å². The molecule has 122 valence electrons. The summed E-state index contributed by atoms with van der Waals surface area (Å²) >= 11 is 0. The molecule has 1 unspecified atom stereocenters. The van der Waals surface area contributed by atoms with E-state index in [2.05, 4.69) is 15.5 Å². The molecule has 1 aliphatic rings. The summed E-state index contributed by atoms with van der Waals surface area (Å²) in [5, 5.41) is 9.89. The minimum atomic E-state index is -0.0430. The monoisotopic (exact) mass is 315 g/mol. The molecule has 1 aliphatic heterocycles. The Balaban J connectivity index is 1.59. The van der Waals surface area contributed by atoms with Crippen LogP contribution < -0.4 is 10.1 Å². The maximum Gasteiger partial charge on any atom is 0.225 e. The number of aromatic nitrogens is 2. The zero-order valence-corrected chi connectivity index (χ0v) is 13.2. The molecule has 0 aliphatic carbocycles. The second-order valence-electron chi connectivity index (χ2n) is 5.59. The second kappa shape index (κ2) is 7.28. The normalized spacial score (nSPS) is 17.2. The fourth-order valence-corrected chi connectivity index (χ4v) is 2.76. The van der Waals surface area contributed by atoms with E-state index in [0.29, 0.717) is 12.2 Å². The molecular weight excluding hydrogens is 294 g/mol. The van der Waals surface area contributed by atoms with Crippen molar-refractivity contribution in [3.05, 3.63) is 30.3 Å². The van der Waals surface area contributed by atoms with Crippen molar-refractivity contribution in [2.24, 2.45) is 0 Å². The van der Waals surface area contributed by atoms with Gasteiger partial charge >= 0.3 is 0 Å². The molecule has 0 bridgehead atoms. The molecule has 23 heavy (non-hydrogen) atoms. The highest BCUT2D eigenvalue weighted by atomic mass is 16.5. The summed E-state index contributed by atoms with van der Waals surface area (Å²) < 4.78 is 10.9. The molecular formula is C17H21N3O3. The van der Waals surface area contributed by atoms with Gasteiger partial charge in [0.2, 0.25) is 5.91 Å². The average Bonchev–Trinajstić information content (AvgIpc) is 3.24. The van der Waals surface area contributed by atoms with Gasteiger partial charge in [-0.1, -0.05) is 12.1 Å². The van der Waals surface area contributed by atoms with E-state index < -0.39 is 0 Å². The van der Waals surface area contributed by atoms with Crippen molar-refractivity contribution >= 4 is 11.7 Å². The molecule has 1 atom stereocenters. The lowest BCUT2D eigenvalue weighted by Crippen LogP contribution is -2.15. The highest BCUT2D eigenvalue weighted by Gasteiger charge is 2.17. The predicted octanol–water partition coefficient (Wildman–Crippen LogP) is 2.98. The Kier molecular flexibility index (Phi) is 4.92. The van der Waals surface area contributed by atoms with Gasteiger partial charge in [-0.15, -0.1) is 0 Å². The number of amides is 1. The number of benzene rings is 1. The number of para-hydroxylation sites is 1. The summed E-state index contributed by atoms with van der Waals surface area (Å²) in [6.07, 6.45) is 3.57. The van der Waals surface area contributed by atoms with Crippen LogP contribution in [0.4, 0.5) is 5.82 Å². The minimum Gasteiger partial charge on any atom is -0.496 e. The van der Waals surface area contributed by atoms with Gasteiger partial charge in [0.05, 0.1) is 18.9 Å². The number of hydrogen-bond acceptors (Lipinski definition) is 4. The van der Waals surface area contributed by atoms with Crippen LogP contribution in [0.1, 0.15) is 25.7 Å². The molecule has 2 aromatic rings. The van der Waals surface area contributed by atoms with Crippen molar-refractivity contribution in [2.75, 3.05) is 19.0 Å². The zero-order chi connectivity index (χ0) is 16.1. The first-order valence-corrected chi connectivity index (χ1v) is 7.86. The van der Waals surface area contributed by atoms with Gasteiger partial charge in [0.25, 0.3) is 0 Å². The molecule has 0 saturated carbocycles. The van der Waals surface area contributed by atoms with Gasteiger partial charge in [-0.05, 0) is 31.4 Å². The first-order valence-electron chi connectivity index (χ1n) is 7.86. The number of aromatic amines is 1. The third-order valence-corrected chi connectivity index (χ3v) is 3.96. The van der Waals surface area contributed by atoms with E-state index in [9.17, 15) is 4.79 Å². The van der Waals surface area contributed by atoms with Gasteiger partial charge < -0.3 is 14.8 Å². The van der Waals surface area contributed by atoms with Gasteiger partial charge in [0, 0.05) is 24.7 Å². The zero-order valence-electron chi connectivity index (χ0n) is 13.2. The summed E-state index contributed by atoms with van der Waals surface area (Å²) in [5.74, 6) is 1.23. The number of anilines is 1. The van der Waals surface area contributed by atoms with Gasteiger partial charge in [0.1, 0.15) is 5.75 Å². The van der Waals surface area contributed by atoms with Crippen molar-refractivity contribution in [1.82, 2.24) is 10.2 Å². The quantitative estimate of drug-likeness (QED) is 0.859. The third-order valence-electron chi connectivity index (χ3n) is 3.96. The highest BCUT2D eigenvalue weighted by Crippen LogP contribution is 2.29. The smallest absolute Gasteiger partial charge is 0.225 e. The molecule has 1 fully saturated rings. The van der Waals surface area contributed by atoms with E-state index in [4.69, 9.17) is 9.47 Å². The second-order valence-corrected chi connectivity index (χ2v) is 5.59. The summed E-state index contributed by atoms with van der Waals surface area (Å²) in [7, 11) is 1.63. The van der Waals surface area contributed by atoms with Crippen molar-refractivity contribution in [2.45, 2.75) is 31.8 Å². The lowest BCUT2D eigenvalue weighted by Gasteiger charge is -2.08. The molecule has 6 nitrogen and oxygen atoms in total. The van der Waals surface area contributed by atoms with E-state index in [1.165, 1.54) is 0 Å². The molecule has 1 aromatic heterocycles. The van der Waals surface area contributed by atoms with E-state index in [0.717, 1.165) is 42.9 Å². The van der Waals surface area contributed by atoms with Crippen LogP contribution in [-0.4, -0.2) is 35.9 Å². The number of H-pyrrole nitrogens is 1. The van der Waals surface area contributed by atoms with E-state index in [1.54, 1.807) is 7.11 Å². The summed E-state index contributed by atoms with van der Waals surface area (Å²) in [6, 6.07) is 9.47. The summed E-state index contributed by atoms with van der Waals surface area (Å²) in [6.45, 7) is 0.813. The number of rotatable bonds is 6. The third kappa shape index (κ3) is 3.90. The van der Waals surface area contributed by atoms with Gasteiger partial charge in [-0.25, -0.2) is 0 Å². The molecule has 1 amide bonds. The number of nitrogens with one attached hydrogen (secondary N) is 2. The molecule has 0 radical (unpaired) electrons. The first-order chi connectivity index (χ1) is 11.3. The Labute approximate surface area is 135 Å².